The van der Waals surface area contributed by atoms with Crippen molar-refractivity contribution < 1.29 is 0 Å². The van der Waals surface area contributed by atoms with Crippen molar-refractivity contribution in [1.82, 2.24) is 20.9 Å². The number of rotatable bonds is 0. The van der Waals surface area contributed by atoms with E-state index in [9.17, 15) is 0 Å². The minimum absolute atomic E-state index is 0.0752. The zero-order valence-electron chi connectivity index (χ0n) is 6.67. The van der Waals surface area contributed by atoms with Crippen molar-refractivity contribution in [3.8, 4) is 0 Å². The molecule has 2 rings (SSSR count). The van der Waals surface area contributed by atoms with Crippen molar-refractivity contribution in [2.75, 3.05) is 20.4 Å². The minimum Gasteiger partial charge on any atom is -0.314 e. The first-order valence-corrected chi connectivity index (χ1v) is 3.95. The van der Waals surface area contributed by atoms with Crippen LogP contribution in [0.4, 0.5) is 0 Å². The van der Waals surface area contributed by atoms with Gasteiger partial charge >= 0.3 is 0 Å². The van der Waals surface area contributed by atoms with Crippen LogP contribution in [0.25, 0.3) is 0 Å². The number of nitrogens with zero attached hydrogens (tertiary/aromatic N) is 1. The summed E-state index contributed by atoms with van der Waals surface area (Å²) in [5.41, 5.74) is 5.84. The van der Waals surface area contributed by atoms with Crippen LogP contribution in [0.3, 0.4) is 0 Å². The minimum atomic E-state index is 0.0752. The van der Waals surface area contributed by atoms with Gasteiger partial charge in [-0.1, -0.05) is 0 Å². The van der Waals surface area contributed by atoms with Gasteiger partial charge in [-0.25, -0.2) is 0 Å². The summed E-state index contributed by atoms with van der Waals surface area (Å²) >= 11 is 0. The van der Waals surface area contributed by atoms with Crippen LogP contribution >= 0.6 is 0 Å². The fourth-order valence-corrected chi connectivity index (χ4v) is 1.75. The van der Waals surface area contributed by atoms with Gasteiger partial charge in [0, 0.05) is 6.67 Å². The normalized spacial score (nSPS) is 45.8. The Morgan fingerprint density at radius 3 is 2.91 bits per heavy atom. The zero-order chi connectivity index (χ0) is 7.84. The molecule has 64 valence electrons. The van der Waals surface area contributed by atoms with Crippen LogP contribution in [0.2, 0.25) is 0 Å². The lowest BCUT2D eigenvalue weighted by atomic mass is 10.1. The lowest BCUT2D eigenvalue weighted by Gasteiger charge is -2.38. The summed E-state index contributed by atoms with van der Waals surface area (Å²) < 4.78 is 0. The molecular formula is C6H15N5. The molecule has 2 fully saturated rings. The van der Waals surface area contributed by atoms with E-state index >= 15 is 0 Å². The van der Waals surface area contributed by atoms with E-state index in [-0.39, 0.29) is 6.17 Å². The zero-order valence-corrected chi connectivity index (χ0v) is 6.67. The third-order valence-corrected chi connectivity index (χ3v) is 2.43. The lowest BCUT2D eigenvalue weighted by Crippen LogP contribution is -2.67. The topological polar surface area (TPSA) is 65.3 Å². The van der Waals surface area contributed by atoms with E-state index in [0.29, 0.717) is 12.2 Å². The molecule has 2 saturated heterocycles. The summed E-state index contributed by atoms with van der Waals surface area (Å²) in [6.45, 7) is 1.71. The Balaban J connectivity index is 2.08. The Morgan fingerprint density at radius 1 is 1.36 bits per heavy atom. The number of likely N-dealkylation sites (N-methyl/N-ethyl adjacent to an activating group) is 1. The fraction of sp³-hybridized carbons (Fsp3) is 1.00. The summed E-state index contributed by atoms with van der Waals surface area (Å²) in [6.07, 6.45) is 0.470. The highest BCUT2D eigenvalue weighted by Crippen LogP contribution is 2.09. The molecule has 0 saturated carbocycles. The number of hydrogen-bond acceptors (Lipinski definition) is 5. The highest BCUT2D eigenvalue weighted by Gasteiger charge is 2.37. The van der Waals surface area contributed by atoms with Crippen LogP contribution in [0, 0.1) is 0 Å². The molecule has 0 aliphatic carbocycles. The monoisotopic (exact) mass is 157 g/mol. The Kier molecular flexibility index (Phi) is 1.82. The second-order valence-electron chi connectivity index (χ2n) is 3.20. The number of hydrogen-bond donors (Lipinski definition) is 4. The highest BCUT2D eigenvalue weighted by molar-refractivity contribution is 4.95. The van der Waals surface area contributed by atoms with Crippen molar-refractivity contribution in [2.45, 2.75) is 18.4 Å². The first-order chi connectivity index (χ1) is 5.29. The van der Waals surface area contributed by atoms with Crippen LogP contribution in [-0.4, -0.2) is 43.7 Å². The molecule has 2 heterocycles. The van der Waals surface area contributed by atoms with Gasteiger partial charge < -0.3 is 5.73 Å². The van der Waals surface area contributed by atoms with Gasteiger partial charge in [0.2, 0.25) is 0 Å². The van der Waals surface area contributed by atoms with E-state index < -0.39 is 0 Å². The quantitative estimate of drug-likeness (QED) is 0.316. The third-order valence-electron chi connectivity index (χ3n) is 2.43. The summed E-state index contributed by atoms with van der Waals surface area (Å²) in [6, 6.07) is 0.341. The Morgan fingerprint density at radius 2 is 2.18 bits per heavy atom. The maximum atomic E-state index is 5.84. The predicted molar refractivity (Wildman–Crippen MR) is 42.5 cm³/mol. The fourth-order valence-electron chi connectivity index (χ4n) is 1.75. The van der Waals surface area contributed by atoms with Crippen molar-refractivity contribution >= 4 is 0 Å². The third kappa shape index (κ3) is 1.15. The standard InChI is InChI=1S/C6H15N5/c1-11-3-10-5(7)4-6(11)9-2-8-4/h4-6,8-10H,2-3,7H2,1H3. The molecule has 0 aromatic rings. The van der Waals surface area contributed by atoms with Crippen molar-refractivity contribution in [2.24, 2.45) is 5.73 Å². The maximum Gasteiger partial charge on any atom is 0.0802 e. The number of nitrogens with two attached hydrogens (primary N) is 1. The molecule has 11 heavy (non-hydrogen) atoms. The summed E-state index contributed by atoms with van der Waals surface area (Å²) in [7, 11) is 2.08. The summed E-state index contributed by atoms with van der Waals surface area (Å²) in [4.78, 5) is 2.22. The van der Waals surface area contributed by atoms with Crippen molar-refractivity contribution in [3.63, 3.8) is 0 Å². The molecule has 5 nitrogen and oxygen atoms in total. The maximum absolute atomic E-state index is 5.84. The van der Waals surface area contributed by atoms with E-state index in [1.165, 1.54) is 0 Å². The Hall–Kier alpha value is -0.200. The Bertz CT molecular complexity index is 134. The average molecular weight is 157 g/mol. The highest BCUT2D eigenvalue weighted by atomic mass is 15.4. The summed E-state index contributed by atoms with van der Waals surface area (Å²) in [5.74, 6) is 0. The van der Waals surface area contributed by atoms with Gasteiger partial charge in [0.15, 0.2) is 0 Å². The second kappa shape index (κ2) is 2.69. The van der Waals surface area contributed by atoms with Crippen LogP contribution in [0.5, 0.6) is 0 Å². The van der Waals surface area contributed by atoms with E-state index in [2.05, 4.69) is 27.9 Å². The molecule has 5 heteroatoms. The van der Waals surface area contributed by atoms with Gasteiger partial charge in [0.1, 0.15) is 0 Å². The largest absolute Gasteiger partial charge is 0.314 e. The molecule has 0 amide bonds. The molecule has 2 aliphatic heterocycles. The van der Waals surface area contributed by atoms with Crippen LogP contribution in [0.1, 0.15) is 0 Å². The van der Waals surface area contributed by atoms with E-state index in [0.717, 1.165) is 13.3 Å². The van der Waals surface area contributed by atoms with Gasteiger partial charge in [-0.15, -0.1) is 0 Å². The van der Waals surface area contributed by atoms with Crippen molar-refractivity contribution in [3.05, 3.63) is 0 Å². The van der Waals surface area contributed by atoms with Gasteiger partial charge in [-0.3, -0.25) is 20.9 Å². The molecule has 0 bridgehead atoms. The van der Waals surface area contributed by atoms with Crippen LogP contribution in [0.15, 0.2) is 0 Å². The molecule has 0 radical (unpaired) electrons. The van der Waals surface area contributed by atoms with Gasteiger partial charge in [-0.2, -0.15) is 0 Å². The molecule has 2 aliphatic rings. The first kappa shape index (κ1) is 7.45. The van der Waals surface area contributed by atoms with Gasteiger partial charge in [-0.05, 0) is 7.05 Å². The molecule has 0 aromatic carbocycles. The molecular weight excluding hydrogens is 142 g/mol. The lowest BCUT2D eigenvalue weighted by molar-refractivity contribution is 0.117. The van der Waals surface area contributed by atoms with Crippen LogP contribution < -0.4 is 21.7 Å². The summed E-state index contributed by atoms with van der Waals surface area (Å²) in [5, 5.41) is 9.84. The molecule has 0 aromatic heterocycles. The van der Waals surface area contributed by atoms with Gasteiger partial charge in [0.25, 0.3) is 0 Å². The Labute approximate surface area is 66.3 Å². The molecule has 0 spiro atoms. The van der Waals surface area contributed by atoms with Gasteiger partial charge in [0.05, 0.1) is 25.0 Å². The smallest absolute Gasteiger partial charge is 0.0802 e. The molecule has 3 unspecified atom stereocenters. The molecule has 5 N–H and O–H groups in total. The van der Waals surface area contributed by atoms with E-state index in [1.807, 2.05) is 0 Å². The SMILES string of the molecule is CN1CNC(N)C2NCNC21. The van der Waals surface area contributed by atoms with Crippen molar-refractivity contribution in [1.29, 1.82) is 0 Å². The second-order valence-corrected chi connectivity index (χ2v) is 3.20. The predicted octanol–water partition coefficient (Wildman–Crippen LogP) is -2.39. The van der Waals surface area contributed by atoms with E-state index in [4.69, 9.17) is 5.73 Å². The molecule has 3 atom stereocenters. The average Bonchev–Trinajstić information content (AvgIpc) is 2.45. The first-order valence-electron chi connectivity index (χ1n) is 3.95. The number of nitrogens with one attached hydrogen (secondary N) is 3. The van der Waals surface area contributed by atoms with E-state index in [1.54, 1.807) is 0 Å². The van der Waals surface area contributed by atoms with Crippen LogP contribution in [-0.2, 0) is 0 Å². The number of fused-ring (bicyclic) bond motifs is 1.